The summed E-state index contributed by atoms with van der Waals surface area (Å²) in [6.07, 6.45) is 2.83. The van der Waals surface area contributed by atoms with Gasteiger partial charge in [0.1, 0.15) is 0 Å². The van der Waals surface area contributed by atoms with Gasteiger partial charge < -0.3 is 10.5 Å². The maximum absolute atomic E-state index is 11.6. The summed E-state index contributed by atoms with van der Waals surface area (Å²) < 4.78 is 4.78. The Hall–Kier alpha value is -1.35. The number of rotatable bonds is 5. The van der Waals surface area contributed by atoms with E-state index in [1.807, 2.05) is 32.0 Å². The second-order valence-electron chi connectivity index (χ2n) is 4.52. The smallest absolute Gasteiger partial charge is 0.338 e. The molecule has 0 saturated carbocycles. The number of methoxy groups -OCH3 is 1. The number of carbonyl (C=O) groups excluding carboxylic acids is 1. The maximum atomic E-state index is 11.6. The second-order valence-corrected chi connectivity index (χ2v) is 4.52. The van der Waals surface area contributed by atoms with E-state index in [1.165, 1.54) is 7.11 Å². The quantitative estimate of drug-likeness (QED) is 0.797. The molecule has 2 N–H and O–H groups in total. The van der Waals surface area contributed by atoms with Crippen LogP contribution in [0.25, 0.3) is 0 Å². The minimum atomic E-state index is -0.263. The van der Waals surface area contributed by atoms with Crippen molar-refractivity contribution in [3.63, 3.8) is 0 Å². The number of nitrogens with two attached hydrogens (primary N) is 1. The number of hydrogen-bond acceptors (Lipinski definition) is 3. The maximum Gasteiger partial charge on any atom is 0.338 e. The van der Waals surface area contributed by atoms with Gasteiger partial charge in [0, 0.05) is 6.04 Å². The first-order chi connectivity index (χ1) is 8.04. The molecule has 0 radical (unpaired) electrons. The van der Waals surface area contributed by atoms with Gasteiger partial charge >= 0.3 is 5.97 Å². The molecule has 1 aromatic rings. The van der Waals surface area contributed by atoms with Crippen molar-refractivity contribution < 1.29 is 9.53 Å². The number of carbonyl (C=O) groups is 1. The molecular formula is C14H21NO2. The van der Waals surface area contributed by atoms with Crippen LogP contribution in [0.4, 0.5) is 0 Å². The third-order valence-electron chi connectivity index (χ3n) is 2.77. The normalized spacial score (nSPS) is 12.2. The molecule has 94 valence electrons. The summed E-state index contributed by atoms with van der Waals surface area (Å²) in [5.41, 5.74) is 8.60. The minimum absolute atomic E-state index is 0.210. The molecule has 0 aromatic heterocycles. The average molecular weight is 235 g/mol. The van der Waals surface area contributed by atoms with Crippen molar-refractivity contribution >= 4 is 5.97 Å². The third kappa shape index (κ3) is 4.19. The zero-order valence-electron chi connectivity index (χ0n) is 10.8. The van der Waals surface area contributed by atoms with Crippen LogP contribution in [-0.2, 0) is 11.2 Å². The van der Waals surface area contributed by atoms with Gasteiger partial charge in [-0.3, -0.25) is 0 Å². The lowest BCUT2D eigenvalue weighted by Crippen LogP contribution is -2.15. The molecule has 0 aliphatic heterocycles. The molecule has 0 fully saturated rings. The standard InChI is InChI=1S/C14H21NO2/c1-10-7-8-13(14(16)17-3)12(9-10)6-4-5-11(2)15/h7-9,11H,4-6,15H2,1-3H3/t11-/m0/s1. The monoisotopic (exact) mass is 235 g/mol. The van der Waals surface area contributed by atoms with Crippen LogP contribution in [0.2, 0.25) is 0 Å². The first kappa shape index (κ1) is 13.7. The molecule has 0 aliphatic carbocycles. The highest BCUT2D eigenvalue weighted by Crippen LogP contribution is 2.16. The summed E-state index contributed by atoms with van der Waals surface area (Å²) >= 11 is 0. The van der Waals surface area contributed by atoms with Crippen LogP contribution in [0.15, 0.2) is 18.2 Å². The Bertz CT molecular complexity index is 386. The molecular weight excluding hydrogens is 214 g/mol. The Balaban J connectivity index is 2.80. The lowest BCUT2D eigenvalue weighted by Gasteiger charge is -2.10. The number of aryl methyl sites for hydroxylation is 2. The van der Waals surface area contributed by atoms with E-state index < -0.39 is 0 Å². The predicted octanol–water partition coefficient (Wildman–Crippen LogP) is 2.45. The molecule has 3 nitrogen and oxygen atoms in total. The number of benzene rings is 1. The molecule has 0 amide bonds. The highest BCUT2D eigenvalue weighted by molar-refractivity contribution is 5.91. The van der Waals surface area contributed by atoms with Gasteiger partial charge in [-0.1, -0.05) is 17.7 Å². The van der Waals surface area contributed by atoms with Crippen LogP contribution in [0, 0.1) is 6.92 Å². The van der Waals surface area contributed by atoms with Gasteiger partial charge in [0.05, 0.1) is 12.7 Å². The summed E-state index contributed by atoms with van der Waals surface area (Å²) in [7, 11) is 1.41. The van der Waals surface area contributed by atoms with Crippen molar-refractivity contribution in [2.75, 3.05) is 7.11 Å². The predicted molar refractivity (Wildman–Crippen MR) is 69.1 cm³/mol. The van der Waals surface area contributed by atoms with E-state index in [-0.39, 0.29) is 12.0 Å². The summed E-state index contributed by atoms with van der Waals surface area (Å²) in [6, 6.07) is 6.03. The van der Waals surface area contributed by atoms with Crippen LogP contribution >= 0.6 is 0 Å². The van der Waals surface area contributed by atoms with Gasteiger partial charge in [-0.25, -0.2) is 4.79 Å². The van der Waals surface area contributed by atoms with E-state index >= 15 is 0 Å². The Kier molecular flexibility index (Phi) is 5.16. The minimum Gasteiger partial charge on any atom is -0.465 e. The number of hydrogen-bond donors (Lipinski definition) is 1. The van der Waals surface area contributed by atoms with Gasteiger partial charge in [-0.2, -0.15) is 0 Å². The fourth-order valence-electron chi connectivity index (χ4n) is 1.85. The van der Waals surface area contributed by atoms with Crippen LogP contribution in [0.5, 0.6) is 0 Å². The van der Waals surface area contributed by atoms with Gasteiger partial charge in [-0.05, 0) is 44.7 Å². The molecule has 1 aromatic carbocycles. The van der Waals surface area contributed by atoms with Crippen LogP contribution in [0.3, 0.4) is 0 Å². The topological polar surface area (TPSA) is 52.3 Å². The second kappa shape index (κ2) is 6.40. The number of esters is 1. The molecule has 17 heavy (non-hydrogen) atoms. The molecule has 0 spiro atoms. The van der Waals surface area contributed by atoms with E-state index in [0.717, 1.165) is 30.4 Å². The lowest BCUT2D eigenvalue weighted by molar-refractivity contribution is 0.0599. The van der Waals surface area contributed by atoms with E-state index in [4.69, 9.17) is 10.5 Å². The zero-order valence-corrected chi connectivity index (χ0v) is 10.8. The molecule has 3 heteroatoms. The zero-order chi connectivity index (χ0) is 12.8. The van der Waals surface area contributed by atoms with Crippen molar-refractivity contribution in [1.29, 1.82) is 0 Å². The van der Waals surface area contributed by atoms with Gasteiger partial charge in [0.25, 0.3) is 0 Å². The average Bonchev–Trinajstić information content (AvgIpc) is 2.28. The van der Waals surface area contributed by atoms with E-state index in [1.54, 1.807) is 0 Å². The van der Waals surface area contributed by atoms with Crippen molar-refractivity contribution in [2.24, 2.45) is 5.73 Å². The van der Waals surface area contributed by atoms with Crippen LogP contribution in [-0.4, -0.2) is 19.1 Å². The van der Waals surface area contributed by atoms with Gasteiger partial charge in [0.15, 0.2) is 0 Å². The molecule has 0 saturated heterocycles. The summed E-state index contributed by atoms with van der Waals surface area (Å²) in [5.74, 6) is -0.263. The van der Waals surface area contributed by atoms with Crippen LogP contribution in [0.1, 0.15) is 41.3 Å². The van der Waals surface area contributed by atoms with Crippen molar-refractivity contribution in [2.45, 2.75) is 39.2 Å². The largest absolute Gasteiger partial charge is 0.465 e. The van der Waals surface area contributed by atoms with E-state index in [2.05, 4.69) is 0 Å². The molecule has 1 atom stereocenters. The molecule has 0 heterocycles. The molecule has 1 rings (SSSR count). The van der Waals surface area contributed by atoms with Crippen molar-refractivity contribution in [3.8, 4) is 0 Å². The highest BCUT2D eigenvalue weighted by atomic mass is 16.5. The van der Waals surface area contributed by atoms with E-state index in [0.29, 0.717) is 5.56 Å². The van der Waals surface area contributed by atoms with E-state index in [9.17, 15) is 4.79 Å². The van der Waals surface area contributed by atoms with Crippen molar-refractivity contribution in [1.82, 2.24) is 0 Å². The molecule has 0 bridgehead atoms. The summed E-state index contributed by atoms with van der Waals surface area (Å²) in [4.78, 5) is 11.6. The summed E-state index contributed by atoms with van der Waals surface area (Å²) in [6.45, 7) is 4.02. The Labute approximate surface area is 103 Å². The Morgan fingerprint density at radius 3 is 2.76 bits per heavy atom. The number of ether oxygens (including phenoxy) is 1. The van der Waals surface area contributed by atoms with Crippen LogP contribution < -0.4 is 5.73 Å². The van der Waals surface area contributed by atoms with Gasteiger partial charge in [0.2, 0.25) is 0 Å². The third-order valence-corrected chi connectivity index (χ3v) is 2.77. The fourth-order valence-corrected chi connectivity index (χ4v) is 1.85. The molecule has 0 aliphatic rings. The summed E-state index contributed by atoms with van der Waals surface area (Å²) in [5, 5.41) is 0. The SMILES string of the molecule is COC(=O)c1ccc(C)cc1CCC[C@H](C)N. The first-order valence-electron chi connectivity index (χ1n) is 5.98. The fraction of sp³-hybridized carbons (Fsp3) is 0.500. The first-order valence-corrected chi connectivity index (χ1v) is 5.98. The Morgan fingerprint density at radius 2 is 2.18 bits per heavy atom. The Morgan fingerprint density at radius 1 is 1.47 bits per heavy atom. The molecule has 0 unspecified atom stereocenters. The lowest BCUT2D eigenvalue weighted by atomic mass is 9.98. The van der Waals surface area contributed by atoms with Gasteiger partial charge in [-0.15, -0.1) is 0 Å². The van der Waals surface area contributed by atoms with Crippen molar-refractivity contribution in [3.05, 3.63) is 34.9 Å². The highest BCUT2D eigenvalue weighted by Gasteiger charge is 2.11.